The number of nitro groups is 1. The van der Waals surface area contributed by atoms with E-state index in [9.17, 15) is 10.1 Å². The number of ether oxygens (including phenoxy) is 1. The van der Waals surface area contributed by atoms with E-state index in [4.69, 9.17) is 16.3 Å². The van der Waals surface area contributed by atoms with Crippen molar-refractivity contribution < 1.29 is 9.66 Å². The average molecular weight is 283 g/mol. The summed E-state index contributed by atoms with van der Waals surface area (Å²) in [5.41, 5.74) is -0.137. The molecule has 0 unspecified atom stereocenters. The van der Waals surface area contributed by atoms with Gasteiger partial charge < -0.3 is 4.74 Å². The number of halogens is 1. The summed E-state index contributed by atoms with van der Waals surface area (Å²) in [5.74, 6) is 0.844. The van der Waals surface area contributed by atoms with Crippen LogP contribution in [0.4, 0.5) is 5.69 Å². The van der Waals surface area contributed by atoms with Crippen molar-refractivity contribution in [1.29, 1.82) is 0 Å². The zero-order valence-electron chi connectivity index (χ0n) is 10.1. The van der Waals surface area contributed by atoms with Crippen LogP contribution in [0.1, 0.15) is 13.3 Å². The molecule has 0 bridgehead atoms. The summed E-state index contributed by atoms with van der Waals surface area (Å²) in [6.07, 6.45) is 3.99. The van der Waals surface area contributed by atoms with Gasteiger partial charge in [-0.3, -0.25) is 10.1 Å². The summed E-state index contributed by atoms with van der Waals surface area (Å²) >= 11 is 5.75. The Labute approximate surface area is 113 Å². The van der Waals surface area contributed by atoms with Crippen LogP contribution in [0.25, 0.3) is 5.82 Å². The monoisotopic (exact) mass is 282 g/mol. The van der Waals surface area contributed by atoms with Crippen LogP contribution in [0.3, 0.4) is 0 Å². The first kappa shape index (κ1) is 13.3. The molecule has 0 radical (unpaired) electrons. The van der Waals surface area contributed by atoms with E-state index in [0.29, 0.717) is 12.4 Å². The molecule has 0 saturated heterocycles. The van der Waals surface area contributed by atoms with Gasteiger partial charge in [-0.25, -0.2) is 9.67 Å². The van der Waals surface area contributed by atoms with Gasteiger partial charge in [0.05, 0.1) is 36.1 Å². The molecule has 0 atom stereocenters. The molecule has 0 aromatic carbocycles. The third-order valence-corrected chi connectivity index (χ3v) is 2.44. The van der Waals surface area contributed by atoms with E-state index in [1.807, 2.05) is 6.92 Å². The van der Waals surface area contributed by atoms with E-state index in [1.54, 1.807) is 6.20 Å². The molecule has 19 heavy (non-hydrogen) atoms. The highest BCUT2D eigenvalue weighted by atomic mass is 35.5. The second-order valence-electron chi connectivity index (χ2n) is 3.73. The number of hydrogen-bond acceptors (Lipinski definition) is 5. The molecule has 2 rings (SSSR count). The second-order valence-corrected chi connectivity index (χ2v) is 4.12. The number of aromatic nitrogens is 3. The maximum Gasteiger partial charge on any atom is 0.276 e. The maximum atomic E-state index is 10.7. The Kier molecular flexibility index (Phi) is 3.96. The fraction of sp³-hybridized carbons (Fsp3) is 0.273. The van der Waals surface area contributed by atoms with Crippen molar-refractivity contribution >= 4 is 17.3 Å². The van der Waals surface area contributed by atoms with Gasteiger partial charge in [0.15, 0.2) is 11.6 Å². The van der Waals surface area contributed by atoms with Crippen molar-refractivity contribution in [3.8, 4) is 11.6 Å². The largest absolute Gasteiger partial charge is 0.490 e. The smallest absolute Gasteiger partial charge is 0.276 e. The summed E-state index contributed by atoms with van der Waals surface area (Å²) in [4.78, 5) is 14.2. The van der Waals surface area contributed by atoms with Crippen molar-refractivity contribution in [3.63, 3.8) is 0 Å². The van der Waals surface area contributed by atoms with Crippen LogP contribution >= 0.6 is 11.6 Å². The van der Waals surface area contributed by atoms with Gasteiger partial charge in [-0.05, 0) is 6.42 Å². The molecule has 0 fully saturated rings. The first-order valence-corrected chi connectivity index (χ1v) is 5.97. The lowest BCUT2D eigenvalue weighted by atomic mass is 10.4. The van der Waals surface area contributed by atoms with Crippen LogP contribution in [-0.4, -0.2) is 26.3 Å². The summed E-state index contributed by atoms with van der Waals surface area (Å²) < 4.78 is 6.77. The Balaban J connectivity index is 2.30. The molecule has 2 aromatic heterocycles. The Morgan fingerprint density at radius 3 is 3.00 bits per heavy atom. The van der Waals surface area contributed by atoms with Gasteiger partial charge in [-0.2, -0.15) is 5.10 Å². The molecule has 0 aliphatic carbocycles. The SMILES string of the molecule is CCCOc1cnn(-c2cc([N+](=O)[O-])cc(Cl)n2)c1. The van der Waals surface area contributed by atoms with Gasteiger partial charge in [0, 0.05) is 0 Å². The second kappa shape index (κ2) is 5.66. The molecular formula is C11H11ClN4O3. The van der Waals surface area contributed by atoms with Gasteiger partial charge in [0.25, 0.3) is 5.69 Å². The third-order valence-electron chi connectivity index (χ3n) is 2.24. The molecule has 7 nitrogen and oxygen atoms in total. The van der Waals surface area contributed by atoms with Crippen molar-refractivity contribution in [2.24, 2.45) is 0 Å². The molecule has 0 aliphatic rings. The average Bonchev–Trinajstić information content (AvgIpc) is 2.84. The zero-order valence-corrected chi connectivity index (χ0v) is 10.9. The van der Waals surface area contributed by atoms with Gasteiger partial charge in [-0.1, -0.05) is 18.5 Å². The molecule has 100 valence electrons. The lowest BCUT2D eigenvalue weighted by molar-refractivity contribution is -0.384. The molecule has 2 heterocycles. The first-order chi connectivity index (χ1) is 9.10. The molecule has 0 saturated carbocycles. The van der Waals surface area contributed by atoms with Gasteiger partial charge in [0.2, 0.25) is 0 Å². The fourth-order valence-corrected chi connectivity index (χ4v) is 1.62. The topological polar surface area (TPSA) is 83.1 Å². The Hall–Kier alpha value is -2.15. The predicted molar refractivity (Wildman–Crippen MR) is 68.8 cm³/mol. The number of nitrogens with zero attached hydrogens (tertiary/aromatic N) is 4. The summed E-state index contributed by atoms with van der Waals surface area (Å²) in [7, 11) is 0. The van der Waals surface area contributed by atoms with E-state index < -0.39 is 4.92 Å². The molecule has 8 heteroatoms. The lowest BCUT2D eigenvalue weighted by Gasteiger charge is -2.01. The molecule has 0 N–H and O–H groups in total. The predicted octanol–water partition coefficient (Wildman–Crippen LogP) is 2.62. The van der Waals surface area contributed by atoms with Crippen molar-refractivity contribution in [2.75, 3.05) is 6.61 Å². The van der Waals surface area contributed by atoms with Gasteiger partial charge >= 0.3 is 0 Å². The van der Waals surface area contributed by atoms with Crippen LogP contribution in [0, 0.1) is 10.1 Å². The fourth-order valence-electron chi connectivity index (χ4n) is 1.42. The number of hydrogen-bond donors (Lipinski definition) is 0. The molecular weight excluding hydrogens is 272 g/mol. The van der Waals surface area contributed by atoms with Crippen LogP contribution in [0.2, 0.25) is 5.15 Å². The highest BCUT2D eigenvalue weighted by Gasteiger charge is 2.12. The summed E-state index contributed by atoms with van der Waals surface area (Å²) in [6, 6.07) is 2.48. The van der Waals surface area contributed by atoms with E-state index in [-0.39, 0.29) is 16.7 Å². The van der Waals surface area contributed by atoms with Crippen LogP contribution in [0.5, 0.6) is 5.75 Å². The maximum absolute atomic E-state index is 10.7. The van der Waals surface area contributed by atoms with Crippen LogP contribution in [-0.2, 0) is 0 Å². The normalized spacial score (nSPS) is 10.4. The van der Waals surface area contributed by atoms with Crippen molar-refractivity contribution in [2.45, 2.75) is 13.3 Å². The van der Waals surface area contributed by atoms with Crippen LogP contribution in [0.15, 0.2) is 24.5 Å². The van der Waals surface area contributed by atoms with Crippen LogP contribution < -0.4 is 4.74 Å². The quantitative estimate of drug-likeness (QED) is 0.478. The molecule has 0 amide bonds. The van der Waals surface area contributed by atoms with E-state index in [2.05, 4.69) is 10.1 Å². The van der Waals surface area contributed by atoms with Crippen molar-refractivity contribution in [3.05, 3.63) is 39.8 Å². The highest BCUT2D eigenvalue weighted by Crippen LogP contribution is 2.21. The van der Waals surface area contributed by atoms with E-state index in [0.717, 1.165) is 6.42 Å². The molecule has 2 aromatic rings. The third kappa shape index (κ3) is 3.19. The highest BCUT2D eigenvalue weighted by molar-refractivity contribution is 6.29. The Bertz CT molecular complexity index is 599. The first-order valence-electron chi connectivity index (χ1n) is 5.60. The number of pyridine rings is 1. The van der Waals surface area contributed by atoms with Gasteiger partial charge in [-0.15, -0.1) is 0 Å². The minimum absolute atomic E-state index is 0.0377. The standard InChI is InChI=1S/C11H11ClN4O3/c1-2-3-19-9-6-13-15(7-9)11-5-8(16(17)18)4-10(12)14-11/h4-7H,2-3H2,1H3. The molecule has 0 aliphatic heterocycles. The summed E-state index contributed by atoms with van der Waals surface area (Å²) in [6.45, 7) is 2.57. The van der Waals surface area contributed by atoms with E-state index in [1.165, 1.54) is 23.0 Å². The zero-order chi connectivity index (χ0) is 13.8. The minimum atomic E-state index is -0.533. The minimum Gasteiger partial charge on any atom is -0.490 e. The molecule has 0 spiro atoms. The van der Waals surface area contributed by atoms with E-state index >= 15 is 0 Å². The summed E-state index contributed by atoms with van der Waals surface area (Å²) in [5, 5.41) is 14.8. The van der Waals surface area contributed by atoms with Gasteiger partial charge in [0.1, 0.15) is 5.15 Å². The Morgan fingerprint density at radius 2 is 2.32 bits per heavy atom. The van der Waals surface area contributed by atoms with Crippen molar-refractivity contribution in [1.82, 2.24) is 14.8 Å². The number of rotatable bonds is 5. The lowest BCUT2D eigenvalue weighted by Crippen LogP contribution is -2.00. The Morgan fingerprint density at radius 1 is 1.53 bits per heavy atom.